The molecule has 1 aromatic carbocycles. The van der Waals surface area contributed by atoms with Crippen LogP contribution in [0.3, 0.4) is 0 Å². The molecule has 0 unspecified atom stereocenters. The summed E-state index contributed by atoms with van der Waals surface area (Å²) in [6.07, 6.45) is 0. The summed E-state index contributed by atoms with van der Waals surface area (Å²) in [6.45, 7) is 2.54. The highest BCUT2D eigenvalue weighted by atomic mass is 35.5. The maximum absolute atomic E-state index is 11.5. The Morgan fingerprint density at radius 2 is 2.16 bits per heavy atom. The molecule has 106 valence electrons. The summed E-state index contributed by atoms with van der Waals surface area (Å²) in [4.78, 5) is 11.5. The fraction of sp³-hybridized carbons (Fsp3) is 0.417. The maximum atomic E-state index is 11.5. The first-order valence-electron chi connectivity index (χ1n) is 5.70. The van der Waals surface area contributed by atoms with E-state index in [1.165, 1.54) is 0 Å². The molecule has 1 aliphatic heterocycles. The van der Waals surface area contributed by atoms with Gasteiger partial charge in [-0.05, 0) is 12.1 Å². The van der Waals surface area contributed by atoms with Crippen LogP contribution in [0.25, 0.3) is 0 Å². The second-order valence-electron chi connectivity index (χ2n) is 4.19. The van der Waals surface area contributed by atoms with E-state index < -0.39 is 0 Å². The number of ether oxygens (including phenoxy) is 1. The number of hydrogen-bond acceptors (Lipinski definition) is 3. The summed E-state index contributed by atoms with van der Waals surface area (Å²) < 4.78 is 5.32. The van der Waals surface area contributed by atoms with E-state index in [1.807, 2.05) is 0 Å². The summed E-state index contributed by atoms with van der Waals surface area (Å²) in [5, 5.41) is 6.91. The second-order valence-corrected chi connectivity index (χ2v) is 5.04. The lowest BCUT2D eigenvalue weighted by molar-refractivity contribution is -0.123. The van der Waals surface area contributed by atoms with Gasteiger partial charge in [0.2, 0.25) is 0 Å². The van der Waals surface area contributed by atoms with Gasteiger partial charge in [0.1, 0.15) is 5.75 Å². The Labute approximate surface area is 128 Å². The molecule has 2 N–H and O–H groups in total. The molecule has 1 heterocycles. The van der Waals surface area contributed by atoms with Crippen LogP contribution in [0.2, 0.25) is 10.0 Å². The zero-order valence-electron chi connectivity index (χ0n) is 10.1. The van der Waals surface area contributed by atoms with Gasteiger partial charge in [-0.2, -0.15) is 0 Å². The van der Waals surface area contributed by atoms with Gasteiger partial charge in [-0.25, -0.2) is 0 Å². The van der Waals surface area contributed by atoms with Gasteiger partial charge in [-0.1, -0.05) is 23.2 Å². The molecule has 1 amide bonds. The molecule has 0 radical (unpaired) electrons. The quantitative estimate of drug-likeness (QED) is 0.872. The van der Waals surface area contributed by atoms with Crippen molar-refractivity contribution in [2.45, 2.75) is 0 Å². The number of nitrogens with one attached hydrogen (secondary N) is 2. The molecular weight excluding hydrogens is 311 g/mol. The number of hydrogen-bond donors (Lipinski definition) is 2. The third-order valence-corrected chi connectivity index (χ3v) is 3.25. The van der Waals surface area contributed by atoms with Crippen LogP contribution in [-0.4, -0.2) is 32.1 Å². The first kappa shape index (κ1) is 16.4. The highest BCUT2D eigenvalue weighted by Crippen LogP contribution is 2.27. The number of amides is 1. The standard InChI is InChI=1S/C12H14Cl2N2O2.ClH/c13-9-1-2-10(14)11(3-9)18-7-12(17)16-6-8-4-15-5-8;/h1-3,8,15H,4-7H2,(H,16,17);1H. The molecule has 0 saturated carbocycles. The SMILES string of the molecule is Cl.O=C(COc1cc(Cl)ccc1Cl)NCC1CNC1. The summed E-state index contributed by atoms with van der Waals surface area (Å²) in [5.41, 5.74) is 0. The number of halogens is 3. The van der Waals surface area contributed by atoms with Gasteiger partial charge < -0.3 is 15.4 Å². The van der Waals surface area contributed by atoms with Gasteiger partial charge in [0, 0.05) is 36.6 Å². The third kappa shape index (κ3) is 5.07. The van der Waals surface area contributed by atoms with Crippen molar-refractivity contribution < 1.29 is 9.53 Å². The highest BCUT2D eigenvalue weighted by molar-refractivity contribution is 6.34. The zero-order valence-corrected chi connectivity index (χ0v) is 12.4. The van der Waals surface area contributed by atoms with Crippen LogP contribution < -0.4 is 15.4 Å². The van der Waals surface area contributed by atoms with Gasteiger partial charge in [0.15, 0.2) is 6.61 Å². The fourth-order valence-corrected chi connectivity index (χ4v) is 1.87. The van der Waals surface area contributed by atoms with Gasteiger partial charge in [-0.3, -0.25) is 4.79 Å². The molecule has 0 atom stereocenters. The predicted octanol–water partition coefficient (Wildman–Crippen LogP) is 2.13. The summed E-state index contributed by atoms with van der Waals surface area (Å²) in [6, 6.07) is 4.89. The lowest BCUT2D eigenvalue weighted by Gasteiger charge is -2.27. The number of carbonyl (C=O) groups is 1. The molecule has 2 rings (SSSR count). The number of carbonyl (C=O) groups excluding carboxylic acids is 1. The van der Waals surface area contributed by atoms with E-state index in [0.717, 1.165) is 13.1 Å². The van der Waals surface area contributed by atoms with E-state index in [4.69, 9.17) is 27.9 Å². The van der Waals surface area contributed by atoms with Crippen molar-refractivity contribution in [2.24, 2.45) is 5.92 Å². The molecule has 1 aromatic rings. The van der Waals surface area contributed by atoms with Crippen molar-refractivity contribution in [1.82, 2.24) is 10.6 Å². The average molecular weight is 326 g/mol. The summed E-state index contributed by atoms with van der Waals surface area (Å²) in [5.74, 6) is 0.797. The molecule has 4 nitrogen and oxygen atoms in total. The molecule has 7 heteroatoms. The molecule has 19 heavy (non-hydrogen) atoms. The number of benzene rings is 1. The van der Waals surface area contributed by atoms with Gasteiger partial charge in [-0.15, -0.1) is 12.4 Å². The molecule has 1 aliphatic rings. The van der Waals surface area contributed by atoms with Crippen molar-refractivity contribution in [3.63, 3.8) is 0 Å². The lowest BCUT2D eigenvalue weighted by Crippen LogP contribution is -2.48. The molecule has 1 saturated heterocycles. The van der Waals surface area contributed by atoms with E-state index in [0.29, 0.717) is 28.3 Å². The van der Waals surface area contributed by atoms with Gasteiger partial charge in [0.25, 0.3) is 5.91 Å². The minimum Gasteiger partial charge on any atom is -0.482 e. The number of rotatable bonds is 5. The average Bonchev–Trinajstić information content (AvgIpc) is 2.28. The van der Waals surface area contributed by atoms with Crippen LogP contribution in [0.5, 0.6) is 5.75 Å². The lowest BCUT2D eigenvalue weighted by atomic mass is 10.0. The zero-order chi connectivity index (χ0) is 13.0. The molecule has 0 spiro atoms. The summed E-state index contributed by atoms with van der Waals surface area (Å²) in [7, 11) is 0. The van der Waals surface area contributed by atoms with Crippen molar-refractivity contribution >= 4 is 41.5 Å². The van der Waals surface area contributed by atoms with E-state index in [1.54, 1.807) is 18.2 Å². The van der Waals surface area contributed by atoms with Crippen molar-refractivity contribution in [2.75, 3.05) is 26.2 Å². The van der Waals surface area contributed by atoms with E-state index in [-0.39, 0.29) is 24.9 Å². The highest BCUT2D eigenvalue weighted by Gasteiger charge is 2.17. The molecular formula is C12H15Cl3N2O2. The van der Waals surface area contributed by atoms with Crippen LogP contribution >= 0.6 is 35.6 Å². The van der Waals surface area contributed by atoms with Gasteiger partial charge >= 0.3 is 0 Å². The van der Waals surface area contributed by atoms with Crippen molar-refractivity contribution in [1.29, 1.82) is 0 Å². The molecule has 0 aromatic heterocycles. The Balaban J connectivity index is 0.00000180. The van der Waals surface area contributed by atoms with Crippen molar-refractivity contribution in [3.05, 3.63) is 28.2 Å². The maximum Gasteiger partial charge on any atom is 0.257 e. The van der Waals surface area contributed by atoms with Crippen molar-refractivity contribution in [3.8, 4) is 5.75 Å². The fourth-order valence-electron chi connectivity index (χ4n) is 1.53. The van der Waals surface area contributed by atoms with Gasteiger partial charge in [0.05, 0.1) is 5.02 Å². The Morgan fingerprint density at radius 3 is 2.79 bits per heavy atom. The Hall–Kier alpha value is -0.680. The topological polar surface area (TPSA) is 50.4 Å². The predicted molar refractivity (Wildman–Crippen MR) is 78.6 cm³/mol. The largest absolute Gasteiger partial charge is 0.482 e. The molecule has 0 bridgehead atoms. The minimum atomic E-state index is -0.155. The Kier molecular flexibility index (Phi) is 6.72. The van der Waals surface area contributed by atoms with E-state index in [2.05, 4.69) is 10.6 Å². The smallest absolute Gasteiger partial charge is 0.257 e. The molecule has 1 fully saturated rings. The van der Waals surface area contributed by atoms with E-state index >= 15 is 0 Å². The van der Waals surface area contributed by atoms with Crippen LogP contribution in [0.4, 0.5) is 0 Å². The summed E-state index contributed by atoms with van der Waals surface area (Å²) >= 11 is 11.7. The molecule has 0 aliphatic carbocycles. The normalized spacial score (nSPS) is 14.2. The van der Waals surface area contributed by atoms with Crippen LogP contribution in [-0.2, 0) is 4.79 Å². The minimum absolute atomic E-state index is 0. The second kappa shape index (κ2) is 7.80. The Bertz CT molecular complexity index is 439. The van der Waals surface area contributed by atoms with Crippen LogP contribution in [0.1, 0.15) is 0 Å². The van der Waals surface area contributed by atoms with Crippen LogP contribution in [0.15, 0.2) is 18.2 Å². The Morgan fingerprint density at radius 1 is 1.42 bits per heavy atom. The van der Waals surface area contributed by atoms with E-state index in [9.17, 15) is 4.79 Å². The first-order valence-corrected chi connectivity index (χ1v) is 6.46. The van der Waals surface area contributed by atoms with Crippen LogP contribution in [0, 0.1) is 5.92 Å². The third-order valence-electron chi connectivity index (χ3n) is 2.71. The first-order chi connectivity index (χ1) is 8.65. The monoisotopic (exact) mass is 324 g/mol.